The molecule has 2 fully saturated rings. The summed E-state index contributed by atoms with van der Waals surface area (Å²) in [4.78, 5) is 72.8. The quantitative estimate of drug-likeness (QED) is 0.0839. The summed E-state index contributed by atoms with van der Waals surface area (Å²) in [5.41, 5.74) is 6.80. The molecule has 2 aromatic heterocycles. The number of aromatic amines is 2. The van der Waals surface area contributed by atoms with Crippen molar-refractivity contribution in [1.82, 2.24) is 40.4 Å². The van der Waals surface area contributed by atoms with Crippen LogP contribution in [0.3, 0.4) is 0 Å². The highest BCUT2D eigenvalue weighted by Crippen LogP contribution is 2.45. The largest absolute Gasteiger partial charge is 0.488 e. The van der Waals surface area contributed by atoms with Gasteiger partial charge in [0.1, 0.15) is 40.7 Å². The number of carbonyl (C=O) groups is 4. The van der Waals surface area contributed by atoms with Crippen LogP contribution in [0, 0.1) is 11.8 Å². The summed E-state index contributed by atoms with van der Waals surface area (Å²) in [6.45, 7) is 6.98. The molecule has 0 unspecified atom stereocenters. The molecule has 6 atom stereocenters. The summed E-state index contributed by atoms with van der Waals surface area (Å²) in [6.07, 6.45) is 0.181. The molecule has 3 aliphatic rings. The van der Waals surface area contributed by atoms with Gasteiger partial charge in [0.05, 0.1) is 42.5 Å². The van der Waals surface area contributed by atoms with Crippen molar-refractivity contribution < 1.29 is 38.5 Å². The van der Waals surface area contributed by atoms with Gasteiger partial charge in [-0.2, -0.15) is 0 Å². The van der Waals surface area contributed by atoms with Crippen molar-refractivity contribution in [2.75, 3.05) is 27.4 Å². The highest BCUT2D eigenvalue weighted by molar-refractivity contribution is 9.10. The minimum Gasteiger partial charge on any atom is -0.488 e. The Bertz CT molecular complexity index is 2810. The van der Waals surface area contributed by atoms with Gasteiger partial charge in [0, 0.05) is 42.1 Å². The first-order valence-corrected chi connectivity index (χ1v) is 22.6. The molecule has 0 aliphatic carbocycles. The zero-order chi connectivity index (χ0) is 45.7. The standard InChI is InChI=1S/C48H51BrN8O8/c1-24(2)38(54-48(62)64-5)46(59)57-25(3)11-16-35(57)43-50-34-15-13-28-19-33-31-14-12-29(18-30(31)23-65-37(33)20-32(28)41(34)52-43)39-42(49)55-44(51-39)36-17-26(22-63-4)21-56(36)45(58)40(53-47(60)61)27-9-7-6-8-10-27/h6-10,12-15,18-20,24-26,35-36,38,40,53H,11,16-17,21-23H2,1-5H3,(H,50,52)(H,51,55)(H,54,62)(H,60,61)/t25-,26-,35-,36-,38-,40+/m0/s1. The number of nitrogens with one attached hydrogen (secondary N) is 4. The lowest BCUT2D eigenvalue weighted by Crippen LogP contribution is -2.52. The fourth-order valence-corrected chi connectivity index (χ4v) is 10.4. The van der Waals surface area contributed by atoms with Gasteiger partial charge < -0.3 is 49.7 Å². The van der Waals surface area contributed by atoms with Crippen LogP contribution in [0.25, 0.3) is 44.2 Å². The van der Waals surface area contributed by atoms with Gasteiger partial charge in [0.15, 0.2) is 0 Å². The fraction of sp³-hybridized carbons (Fsp3) is 0.375. The number of hydrogen-bond donors (Lipinski definition) is 5. The number of nitrogens with zero attached hydrogens (tertiary/aromatic N) is 4. The number of methoxy groups -OCH3 is 2. The molecular formula is C48H51BrN8O8. The smallest absolute Gasteiger partial charge is 0.407 e. The van der Waals surface area contributed by atoms with E-state index in [0.29, 0.717) is 48.0 Å². The number of carboxylic acid groups (broad SMARTS) is 1. The molecule has 17 heteroatoms. The summed E-state index contributed by atoms with van der Waals surface area (Å²) in [5.74, 6) is 1.36. The van der Waals surface area contributed by atoms with Crippen molar-refractivity contribution in [2.24, 2.45) is 11.8 Å². The number of imidazole rings is 2. The molecule has 6 aromatic rings. The number of halogens is 1. The summed E-state index contributed by atoms with van der Waals surface area (Å²) < 4.78 is 17.4. The van der Waals surface area contributed by atoms with Crippen LogP contribution in [0.5, 0.6) is 5.75 Å². The molecule has 0 radical (unpaired) electrons. The number of rotatable bonds is 11. The van der Waals surface area contributed by atoms with Crippen molar-refractivity contribution in [1.29, 1.82) is 0 Å². The Labute approximate surface area is 383 Å². The first-order valence-electron chi connectivity index (χ1n) is 21.8. The number of carbonyl (C=O) groups excluding carboxylic acids is 3. The van der Waals surface area contributed by atoms with Gasteiger partial charge >= 0.3 is 12.2 Å². The van der Waals surface area contributed by atoms with Crippen LogP contribution in [-0.4, -0.2) is 98.3 Å². The van der Waals surface area contributed by atoms with Crippen LogP contribution in [0.4, 0.5) is 9.59 Å². The number of ether oxygens (including phenoxy) is 3. The Balaban J connectivity index is 0.991. The third kappa shape index (κ3) is 8.27. The van der Waals surface area contributed by atoms with E-state index in [9.17, 15) is 24.3 Å². The molecule has 16 nitrogen and oxygen atoms in total. The number of H-pyrrole nitrogens is 2. The minimum absolute atomic E-state index is 0.0176. The maximum Gasteiger partial charge on any atom is 0.407 e. The Hall–Kier alpha value is -6.46. The summed E-state index contributed by atoms with van der Waals surface area (Å²) in [7, 11) is 2.92. The van der Waals surface area contributed by atoms with E-state index in [2.05, 4.69) is 66.9 Å². The zero-order valence-corrected chi connectivity index (χ0v) is 38.3. The highest BCUT2D eigenvalue weighted by Gasteiger charge is 2.43. The second-order valence-corrected chi connectivity index (χ2v) is 18.3. The maximum absolute atomic E-state index is 14.2. The molecule has 0 bridgehead atoms. The van der Waals surface area contributed by atoms with Gasteiger partial charge in [-0.25, -0.2) is 19.6 Å². The molecule has 65 heavy (non-hydrogen) atoms. The van der Waals surface area contributed by atoms with Gasteiger partial charge in [-0.3, -0.25) is 9.59 Å². The lowest BCUT2D eigenvalue weighted by atomic mass is 9.92. The predicted octanol–water partition coefficient (Wildman–Crippen LogP) is 8.41. The lowest BCUT2D eigenvalue weighted by Gasteiger charge is -2.32. The van der Waals surface area contributed by atoms with E-state index in [1.54, 1.807) is 36.3 Å². The second-order valence-electron chi connectivity index (χ2n) is 17.5. The van der Waals surface area contributed by atoms with Gasteiger partial charge in [-0.1, -0.05) is 62.4 Å². The number of amides is 4. The third-order valence-corrected chi connectivity index (χ3v) is 13.6. The maximum atomic E-state index is 14.2. The van der Waals surface area contributed by atoms with Gasteiger partial charge in [0.25, 0.3) is 5.91 Å². The van der Waals surface area contributed by atoms with E-state index in [4.69, 9.17) is 24.2 Å². The molecule has 4 aromatic carbocycles. The van der Waals surface area contributed by atoms with Crippen LogP contribution in [-0.2, 0) is 25.7 Å². The molecule has 2 saturated heterocycles. The predicted molar refractivity (Wildman–Crippen MR) is 246 cm³/mol. The van der Waals surface area contributed by atoms with Gasteiger partial charge in [0.2, 0.25) is 5.91 Å². The highest BCUT2D eigenvalue weighted by atomic mass is 79.9. The van der Waals surface area contributed by atoms with Crippen molar-refractivity contribution in [3.8, 4) is 28.1 Å². The van der Waals surface area contributed by atoms with Gasteiger partial charge in [-0.15, -0.1) is 0 Å². The van der Waals surface area contributed by atoms with Crippen LogP contribution < -0.4 is 15.4 Å². The van der Waals surface area contributed by atoms with Crippen molar-refractivity contribution in [3.05, 3.63) is 100 Å². The SMILES string of the molecule is COC[C@H]1C[C@@H](c2nc(Br)c(-c3ccc4c(c3)COc3cc5c(ccc6nc([C@@H]7CC[C@H](C)N7C(=O)[C@@H](NC(=O)OC)C(C)C)[nH]c65)cc3-4)[nH]2)N(C(=O)[C@H](NC(=O)O)c2ccccc2)C1. The van der Waals surface area contributed by atoms with Crippen molar-refractivity contribution in [3.63, 3.8) is 0 Å². The number of aromatic nitrogens is 4. The van der Waals surface area contributed by atoms with Crippen LogP contribution in [0.2, 0.25) is 0 Å². The molecule has 338 valence electrons. The summed E-state index contributed by atoms with van der Waals surface area (Å²) in [6, 6.07) is 20.7. The molecule has 5 N–H and O–H groups in total. The number of hydrogen-bond acceptors (Lipinski definition) is 9. The Morgan fingerprint density at radius 2 is 1.71 bits per heavy atom. The third-order valence-electron chi connectivity index (χ3n) is 13.0. The Morgan fingerprint density at radius 1 is 0.923 bits per heavy atom. The second kappa shape index (κ2) is 17.8. The number of fused-ring (bicyclic) bond motifs is 6. The zero-order valence-electron chi connectivity index (χ0n) is 36.7. The minimum atomic E-state index is -1.29. The van der Waals surface area contributed by atoms with E-state index in [-0.39, 0.29) is 35.7 Å². The number of likely N-dealkylation sites (tertiary alicyclic amines) is 2. The molecule has 9 rings (SSSR count). The molecular weight excluding hydrogens is 896 g/mol. The average Bonchev–Trinajstić information content (AvgIpc) is 4.11. The normalized spacial score (nSPS) is 20.0. The lowest BCUT2D eigenvalue weighted by molar-refractivity contribution is -0.137. The van der Waals surface area contributed by atoms with Crippen LogP contribution >= 0.6 is 15.9 Å². The van der Waals surface area contributed by atoms with Crippen LogP contribution in [0.1, 0.15) is 80.9 Å². The molecule has 0 saturated carbocycles. The van der Waals surface area contributed by atoms with Gasteiger partial charge in [-0.05, 0) is 94.4 Å². The molecule has 4 amide bonds. The van der Waals surface area contributed by atoms with Crippen molar-refractivity contribution in [2.45, 2.75) is 76.8 Å². The number of benzene rings is 4. The monoisotopic (exact) mass is 946 g/mol. The summed E-state index contributed by atoms with van der Waals surface area (Å²) in [5, 5.41) is 16.8. The first-order chi connectivity index (χ1) is 31.3. The Kier molecular flexibility index (Phi) is 12.0. The van der Waals surface area contributed by atoms with E-state index < -0.39 is 30.3 Å². The number of alkyl carbamates (subject to hydrolysis) is 1. The molecule has 3 aliphatic heterocycles. The van der Waals surface area contributed by atoms with E-state index in [0.717, 1.165) is 68.3 Å². The van der Waals surface area contributed by atoms with E-state index in [1.807, 2.05) is 43.9 Å². The molecule has 5 heterocycles. The Morgan fingerprint density at radius 3 is 2.45 bits per heavy atom. The topological polar surface area (TPSA) is 204 Å². The van der Waals surface area contributed by atoms with E-state index in [1.165, 1.54) is 7.11 Å². The first kappa shape index (κ1) is 43.8. The fourth-order valence-electron chi connectivity index (χ4n) is 9.83. The average molecular weight is 948 g/mol. The van der Waals surface area contributed by atoms with E-state index >= 15 is 0 Å². The summed E-state index contributed by atoms with van der Waals surface area (Å²) >= 11 is 3.69. The molecule has 0 spiro atoms. The van der Waals surface area contributed by atoms with Crippen LogP contribution in [0.15, 0.2) is 77.4 Å². The van der Waals surface area contributed by atoms with Crippen molar-refractivity contribution >= 4 is 61.7 Å².